The van der Waals surface area contributed by atoms with Crippen molar-refractivity contribution in [2.24, 2.45) is 0 Å². The molecule has 0 unspecified atom stereocenters. The summed E-state index contributed by atoms with van der Waals surface area (Å²) in [5.74, 6) is 1.42. The van der Waals surface area contributed by atoms with Gasteiger partial charge in [0.2, 0.25) is 0 Å². The van der Waals surface area contributed by atoms with Gasteiger partial charge in [-0.05, 0) is 36.4 Å². The molecule has 0 aromatic heterocycles. The number of carbonyl (C=O) groups is 2. The Morgan fingerprint density at radius 2 is 1.52 bits per heavy atom. The highest BCUT2D eigenvalue weighted by Crippen LogP contribution is 2.26. The molecule has 1 heterocycles. The highest BCUT2D eigenvalue weighted by Gasteiger charge is 2.26. The molecule has 29 heavy (non-hydrogen) atoms. The van der Waals surface area contributed by atoms with Gasteiger partial charge in [-0.25, -0.2) is 0 Å². The predicted octanol–water partition coefficient (Wildman–Crippen LogP) is 2.72. The lowest BCUT2D eigenvalue weighted by atomic mass is 10.1. The smallest absolute Gasteiger partial charge is 0.260 e. The molecule has 1 fully saturated rings. The molecular weight excluding hydrogens is 396 g/mol. The van der Waals surface area contributed by atoms with Crippen molar-refractivity contribution in [3.05, 3.63) is 53.1 Å². The zero-order valence-corrected chi connectivity index (χ0v) is 17.1. The zero-order chi connectivity index (χ0) is 20.8. The molecule has 0 aliphatic carbocycles. The minimum atomic E-state index is -0.131. The van der Waals surface area contributed by atoms with Gasteiger partial charge in [0, 0.05) is 37.3 Å². The Morgan fingerprint density at radius 3 is 2.14 bits per heavy atom. The third-order valence-corrected chi connectivity index (χ3v) is 4.99. The molecule has 3 rings (SSSR count). The summed E-state index contributed by atoms with van der Waals surface area (Å²) >= 11 is 5.84. The maximum Gasteiger partial charge on any atom is 0.260 e. The van der Waals surface area contributed by atoms with Crippen LogP contribution in [0.4, 0.5) is 0 Å². The lowest BCUT2D eigenvalue weighted by Gasteiger charge is -2.35. The van der Waals surface area contributed by atoms with Crippen LogP contribution in [-0.2, 0) is 4.79 Å². The molecule has 0 radical (unpaired) electrons. The predicted molar refractivity (Wildman–Crippen MR) is 109 cm³/mol. The topological polar surface area (TPSA) is 68.3 Å². The number of hydrogen-bond acceptors (Lipinski definition) is 5. The number of amides is 2. The Balaban J connectivity index is 1.53. The number of methoxy groups -OCH3 is 2. The van der Waals surface area contributed by atoms with Crippen molar-refractivity contribution in [3.8, 4) is 17.2 Å². The molecule has 0 N–H and O–H groups in total. The molecular formula is C21H23ClN2O5. The summed E-state index contributed by atoms with van der Waals surface area (Å²) in [4.78, 5) is 28.7. The molecule has 7 nitrogen and oxygen atoms in total. The van der Waals surface area contributed by atoms with E-state index in [1.807, 2.05) is 0 Å². The van der Waals surface area contributed by atoms with Gasteiger partial charge in [0.05, 0.1) is 19.8 Å². The Hall–Kier alpha value is -2.93. The van der Waals surface area contributed by atoms with Gasteiger partial charge in [0.15, 0.2) is 6.61 Å². The van der Waals surface area contributed by atoms with Crippen molar-refractivity contribution in [2.75, 3.05) is 47.0 Å². The first kappa shape index (κ1) is 20.8. The molecule has 8 heteroatoms. The minimum absolute atomic E-state index is 0.0537. The highest BCUT2D eigenvalue weighted by atomic mass is 35.5. The SMILES string of the molecule is COc1ccc(C(=O)N2CCN(C(=O)COc3ccc(Cl)cc3)CC2)c(OC)c1. The number of halogens is 1. The quantitative estimate of drug-likeness (QED) is 0.721. The van der Waals surface area contributed by atoms with Gasteiger partial charge < -0.3 is 24.0 Å². The molecule has 1 aliphatic rings. The van der Waals surface area contributed by atoms with E-state index in [2.05, 4.69) is 0 Å². The van der Waals surface area contributed by atoms with E-state index in [9.17, 15) is 9.59 Å². The van der Waals surface area contributed by atoms with Crippen LogP contribution in [0.2, 0.25) is 5.02 Å². The molecule has 0 spiro atoms. The van der Waals surface area contributed by atoms with Crippen molar-refractivity contribution in [1.82, 2.24) is 9.80 Å². The molecule has 154 valence electrons. The van der Waals surface area contributed by atoms with Gasteiger partial charge in [-0.15, -0.1) is 0 Å². The van der Waals surface area contributed by atoms with Gasteiger partial charge >= 0.3 is 0 Å². The molecule has 1 saturated heterocycles. The minimum Gasteiger partial charge on any atom is -0.497 e. The summed E-state index contributed by atoms with van der Waals surface area (Å²) in [6.45, 7) is 1.74. The average Bonchev–Trinajstić information content (AvgIpc) is 2.77. The summed E-state index contributed by atoms with van der Waals surface area (Å²) in [5, 5.41) is 0.609. The largest absolute Gasteiger partial charge is 0.497 e. The highest BCUT2D eigenvalue weighted by molar-refractivity contribution is 6.30. The number of rotatable bonds is 6. The van der Waals surface area contributed by atoms with Crippen molar-refractivity contribution in [2.45, 2.75) is 0 Å². The van der Waals surface area contributed by atoms with Gasteiger partial charge in [-0.3, -0.25) is 9.59 Å². The summed E-state index contributed by atoms with van der Waals surface area (Å²) in [6, 6.07) is 11.9. The van der Waals surface area contributed by atoms with Crippen LogP contribution in [0.25, 0.3) is 0 Å². The Labute approximate surface area is 174 Å². The molecule has 1 aliphatic heterocycles. The lowest BCUT2D eigenvalue weighted by molar-refractivity contribution is -0.134. The van der Waals surface area contributed by atoms with Crippen LogP contribution in [0, 0.1) is 0 Å². The van der Waals surface area contributed by atoms with E-state index in [0.717, 1.165) is 0 Å². The number of nitrogens with zero attached hydrogens (tertiary/aromatic N) is 2. The molecule has 2 aromatic carbocycles. The van der Waals surface area contributed by atoms with E-state index in [1.165, 1.54) is 7.11 Å². The first-order chi connectivity index (χ1) is 14.0. The van der Waals surface area contributed by atoms with Crippen LogP contribution in [0.5, 0.6) is 17.2 Å². The van der Waals surface area contributed by atoms with Crippen molar-refractivity contribution < 1.29 is 23.8 Å². The molecule has 2 aromatic rings. The Kier molecular flexibility index (Phi) is 6.82. The van der Waals surface area contributed by atoms with Crippen molar-refractivity contribution in [3.63, 3.8) is 0 Å². The standard InChI is InChI=1S/C21H23ClN2O5/c1-27-17-7-8-18(19(13-17)28-2)21(26)24-11-9-23(10-12-24)20(25)14-29-16-5-3-15(22)4-6-16/h3-8,13H,9-12,14H2,1-2H3. The Bertz CT molecular complexity index is 864. The van der Waals surface area contributed by atoms with Crippen LogP contribution in [0.1, 0.15) is 10.4 Å². The third kappa shape index (κ3) is 5.12. The normalized spacial score (nSPS) is 13.8. The average molecular weight is 419 g/mol. The lowest BCUT2D eigenvalue weighted by Crippen LogP contribution is -2.51. The second kappa shape index (κ2) is 9.52. The van der Waals surface area contributed by atoms with Crippen molar-refractivity contribution >= 4 is 23.4 Å². The summed E-state index contributed by atoms with van der Waals surface area (Å²) < 4.78 is 16.0. The van der Waals surface area contributed by atoms with E-state index in [4.69, 9.17) is 25.8 Å². The fraction of sp³-hybridized carbons (Fsp3) is 0.333. The van der Waals surface area contributed by atoms with Gasteiger partial charge in [-0.1, -0.05) is 11.6 Å². The van der Waals surface area contributed by atoms with Gasteiger partial charge in [-0.2, -0.15) is 0 Å². The summed E-state index contributed by atoms with van der Waals surface area (Å²) in [5.41, 5.74) is 0.471. The van der Waals surface area contributed by atoms with E-state index in [1.54, 1.807) is 59.4 Å². The van der Waals surface area contributed by atoms with Crippen LogP contribution in [-0.4, -0.2) is 68.6 Å². The van der Waals surface area contributed by atoms with Crippen molar-refractivity contribution in [1.29, 1.82) is 0 Å². The van der Waals surface area contributed by atoms with Gasteiger partial charge in [0.25, 0.3) is 11.8 Å². The Morgan fingerprint density at radius 1 is 0.897 bits per heavy atom. The van der Waals surface area contributed by atoms with Gasteiger partial charge in [0.1, 0.15) is 17.2 Å². The summed E-state index contributed by atoms with van der Waals surface area (Å²) in [7, 11) is 3.08. The van der Waals surface area contributed by atoms with E-state index >= 15 is 0 Å². The number of benzene rings is 2. The molecule has 0 saturated carbocycles. The van der Waals surface area contributed by atoms with E-state index < -0.39 is 0 Å². The third-order valence-electron chi connectivity index (χ3n) is 4.73. The maximum atomic E-state index is 12.9. The number of hydrogen-bond donors (Lipinski definition) is 0. The second-order valence-electron chi connectivity index (χ2n) is 6.48. The fourth-order valence-electron chi connectivity index (χ4n) is 3.07. The molecule has 0 atom stereocenters. The second-order valence-corrected chi connectivity index (χ2v) is 6.92. The van der Waals surface area contributed by atoms with E-state index in [-0.39, 0.29) is 18.4 Å². The fourth-order valence-corrected chi connectivity index (χ4v) is 3.20. The number of ether oxygens (including phenoxy) is 3. The van der Waals surface area contributed by atoms with Crippen LogP contribution in [0.15, 0.2) is 42.5 Å². The number of piperazine rings is 1. The van der Waals surface area contributed by atoms with Crippen LogP contribution < -0.4 is 14.2 Å². The van der Waals surface area contributed by atoms with Crippen LogP contribution >= 0.6 is 11.6 Å². The maximum absolute atomic E-state index is 12.9. The first-order valence-corrected chi connectivity index (χ1v) is 9.57. The van der Waals surface area contributed by atoms with Crippen LogP contribution in [0.3, 0.4) is 0 Å². The molecule has 0 bridgehead atoms. The van der Waals surface area contributed by atoms with E-state index in [0.29, 0.717) is 54.0 Å². The molecule has 2 amide bonds. The number of carbonyl (C=O) groups excluding carboxylic acids is 2. The zero-order valence-electron chi connectivity index (χ0n) is 16.4. The first-order valence-electron chi connectivity index (χ1n) is 9.19. The monoisotopic (exact) mass is 418 g/mol. The summed E-state index contributed by atoms with van der Waals surface area (Å²) in [6.07, 6.45) is 0.